The molecule has 1 atom stereocenters. The Bertz CT molecular complexity index is 171. The summed E-state index contributed by atoms with van der Waals surface area (Å²) < 4.78 is 41.6. The number of rotatable bonds is 2. The van der Waals surface area contributed by atoms with E-state index in [1.165, 1.54) is 0 Å². The van der Waals surface area contributed by atoms with Crippen LogP contribution in [0.3, 0.4) is 0 Å². The molecular formula is C6H7F3O2. The number of hydrogen-bond donors (Lipinski definition) is 0. The van der Waals surface area contributed by atoms with Gasteiger partial charge in [0.05, 0.1) is 0 Å². The third kappa shape index (κ3) is 1.19. The molecule has 0 aromatic carbocycles. The van der Waals surface area contributed by atoms with Crippen LogP contribution in [-0.4, -0.2) is 18.2 Å². The summed E-state index contributed by atoms with van der Waals surface area (Å²) >= 11 is 0. The first-order valence-electron chi connectivity index (χ1n) is 3.20. The van der Waals surface area contributed by atoms with E-state index >= 15 is 0 Å². The van der Waals surface area contributed by atoms with Crippen molar-refractivity contribution in [1.82, 2.24) is 0 Å². The van der Waals surface area contributed by atoms with Crippen molar-refractivity contribution >= 4 is 6.47 Å². The molecule has 1 saturated carbocycles. The summed E-state index contributed by atoms with van der Waals surface area (Å²) in [6.07, 6.45) is -0.937. The van der Waals surface area contributed by atoms with Crippen LogP contribution in [0.15, 0.2) is 0 Å². The van der Waals surface area contributed by atoms with Gasteiger partial charge >= 0.3 is 11.8 Å². The Morgan fingerprint density at radius 1 is 1.27 bits per heavy atom. The van der Waals surface area contributed by atoms with Crippen LogP contribution in [0.1, 0.15) is 19.3 Å². The smallest absolute Gasteiger partial charge is 0.316 e. The molecule has 5 heteroatoms. The summed E-state index contributed by atoms with van der Waals surface area (Å²) in [5.74, 6) is -6.58. The molecule has 2 nitrogen and oxygen atoms in total. The number of carbonyl (C=O) groups is 1. The molecule has 11 heavy (non-hydrogen) atoms. The summed E-state index contributed by atoms with van der Waals surface area (Å²) in [4.78, 5) is 9.66. The minimum absolute atomic E-state index is 0.0390. The maximum atomic E-state index is 12.9. The van der Waals surface area contributed by atoms with Gasteiger partial charge in [-0.25, -0.2) is 0 Å². The average Bonchev–Trinajstić information content (AvgIpc) is 2.09. The third-order valence-electron chi connectivity index (χ3n) is 1.77. The summed E-state index contributed by atoms with van der Waals surface area (Å²) in [7, 11) is 0. The molecular weight excluding hydrogens is 161 g/mol. The Kier molecular flexibility index (Phi) is 1.82. The van der Waals surface area contributed by atoms with Crippen molar-refractivity contribution in [2.75, 3.05) is 0 Å². The predicted molar refractivity (Wildman–Crippen MR) is 29.8 cm³/mol. The number of ether oxygens (including phenoxy) is 1. The molecule has 1 aliphatic rings. The molecule has 0 radical (unpaired) electrons. The SMILES string of the molecule is O=COC1(F)CCCC1(F)F. The fraction of sp³-hybridized carbons (Fsp3) is 0.833. The van der Waals surface area contributed by atoms with Crippen LogP contribution in [0.25, 0.3) is 0 Å². The van der Waals surface area contributed by atoms with Gasteiger partial charge in [-0.1, -0.05) is 0 Å². The normalized spacial score (nSPS) is 35.2. The molecule has 1 fully saturated rings. The number of halogens is 3. The molecule has 0 saturated heterocycles. The maximum Gasteiger partial charge on any atom is 0.316 e. The van der Waals surface area contributed by atoms with Gasteiger partial charge in [-0.3, -0.25) is 4.79 Å². The van der Waals surface area contributed by atoms with Crippen molar-refractivity contribution in [3.05, 3.63) is 0 Å². The summed E-state index contributed by atoms with van der Waals surface area (Å²) in [5.41, 5.74) is 0. The molecule has 0 aromatic rings. The lowest BCUT2D eigenvalue weighted by molar-refractivity contribution is -0.242. The summed E-state index contributed by atoms with van der Waals surface area (Å²) in [6, 6.07) is 0. The van der Waals surface area contributed by atoms with E-state index in [9.17, 15) is 18.0 Å². The maximum absolute atomic E-state index is 12.9. The molecule has 0 bridgehead atoms. The van der Waals surface area contributed by atoms with E-state index in [2.05, 4.69) is 4.74 Å². The lowest BCUT2D eigenvalue weighted by Crippen LogP contribution is -2.41. The fourth-order valence-electron chi connectivity index (χ4n) is 1.13. The minimum atomic E-state index is -3.52. The highest BCUT2D eigenvalue weighted by Gasteiger charge is 2.60. The van der Waals surface area contributed by atoms with Gasteiger partial charge in [0.25, 0.3) is 6.47 Å². The number of carbonyl (C=O) groups excluding carboxylic acids is 1. The van der Waals surface area contributed by atoms with Crippen LogP contribution in [-0.2, 0) is 9.53 Å². The number of hydrogen-bond acceptors (Lipinski definition) is 2. The molecule has 0 spiro atoms. The highest BCUT2D eigenvalue weighted by atomic mass is 19.3. The van der Waals surface area contributed by atoms with Crippen molar-refractivity contribution < 1.29 is 22.7 Å². The molecule has 1 rings (SSSR count). The zero-order chi connectivity index (χ0) is 8.54. The van der Waals surface area contributed by atoms with Crippen molar-refractivity contribution in [2.45, 2.75) is 31.0 Å². The van der Waals surface area contributed by atoms with E-state index in [1.807, 2.05) is 0 Å². The van der Waals surface area contributed by atoms with Crippen LogP contribution in [0, 0.1) is 0 Å². The summed E-state index contributed by atoms with van der Waals surface area (Å²) in [6.45, 7) is -0.279. The van der Waals surface area contributed by atoms with E-state index in [0.29, 0.717) is 0 Å². The lowest BCUT2D eigenvalue weighted by Gasteiger charge is -2.23. The second-order valence-corrected chi connectivity index (χ2v) is 2.50. The van der Waals surface area contributed by atoms with E-state index in [4.69, 9.17) is 0 Å². The predicted octanol–water partition coefficient (Wildman–Crippen LogP) is 1.64. The van der Waals surface area contributed by atoms with Gasteiger partial charge in [0.2, 0.25) is 0 Å². The van der Waals surface area contributed by atoms with E-state index in [-0.39, 0.29) is 12.9 Å². The van der Waals surface area contributed by atoms with Crippen LogP contribution >= 0.6 is 0 Å². The van der Waals surface area contributed by atoms with Crippen molar-refractivity contribution in [3.63, 3.8) is 0 Å². The van der Waals surface area contributed by atoms with Crippen molar-refractivity contribution in [2.24, 2.45) is 0 Å². The largest absolute Gasteiger partial charge is 0.424 e. The van der Waals surface area contributed by atoms with Crippen LogP contribution in [0.2, 0.25) is 0 Å². The molecule has 1 unspecified atom stereocenters. The molecule has 0 aliphatic heterocycles. The zero-order valence-electron chi connectivity index (χ0n) is 5.65. The number of alkyl halides is 3. The lowest BCUT2D eigenvalue weighted by atomic mass is 10.2. The van der Waals surface area contributed by atoms with E-state index in [1.54, 1.807) is 0 Å². The zero-order valence-corrected chi connectivity index (χ0v) is 5.65. The Morgan fingerprint density at radius 2 is 1.91 bits per heavy atom. The van der Waals surface area contributed by atoms with Gasteiger partial charge in [-0.05, 0) is 6.42 Å². The first-order chi connectivity index (χ1) is 5.02. The van der Waals surface area contributed by atoms with E-state index < -0.39 is 24.6 Å². The molecule has 0 aromatic heterocycles. The topological polar surface area (TPSA) is 26.3 Å². The van der Waals surface area contributed by atoms with Crippen LogP contribution in [0.5, 0.6) is 0 Å². The molecule has 64 valence electrons. The molecule has 0 heterocycles. The van der Waals surface area contributed by atoms with Gasteiger partial charge in [0, 0.05) is 12.8 Å². The second-order valence-electron chi connectivity index (χ2n) is 2.50. The highest BCUT2D eigenvalue weighted by molar-refractivity contribution is 5.38. The Hall–Kier alpha value is -0.740. The molecule has 0 N–H and O–H groups in total. The van der Waals surface area contributed by atoms with Gasteiger partial charge in [-0.15, -0.1) is 0 Å². The third-order valence-corrected chi connectivity index (χ3v) is 1.77. The van der Waals surface area contributed by atoms with Gasteiger partial charge in [-0.2, -0.15) is 13.2 Å². The Morgan fingerprint density at radius 3 is 2.27 bits per heavy atom. The first-order valence-corrected chi connectivity index (χ1v) is 3.20. The van der Waals surface area contributed by atoms with Gasteiger partial charge in [0.1, 0.15) is 0 Å². The standard InChI is InChI=1S/C6H7F3O2/c7-5(8)2-1-3-6(5,9)11-4-10/h4H,1-3H2. The van der Waals surface area contributed by atoms with E-state index in [0.717, 1.165) is 0 Å². The molecule has 0 amide bonds. The average molecular weight is 168 g/mol. The minimum Gasteiger partial charge on any atom is -0.424 e. The van der Waals surface area contributed by atoms with Crippen LogP contribution in [0.4, 0.5) is 13.2 Å². The van der Waals surface area contributed by atoms with Gasteiger partial charge < -0.3 is 4.74 Å². The van der Waals surface area contributed by atoms with Crippen molar-refractivity contribution in [1.29, 1.82) is 0 Å². The second kappa shape index (κ2) is 2.39. The van der Waals surface area contributed by atoms with Crippen LogP contribution < -0.4 is 0 Å². The quantitative estimate of drug-likeness (QED) is 0.586. The Balaban J connectivity index is 2.75. The fourth-order valence-corrected chi connectivity index (χ4v) is 1.13. The molecule has 1 aliphatic carbocycles. The first kappa shape index (κ1) is 8.36. The monoisotopic (exact) mass is 168 g/mol. The van der Waals surface area contributed by atoms with Gasteiger partial charge in [0.15, 0.2) is 0 Å². The summed E-state index contributed by atoms with van der Waals surface area (Å²) in [5, 5.41) is 0. The van der Waals surface area contributed by atoms with Crippen molar-refractivity contribution in [3.8, 4) is 0 Å². The Labute approximate surface area is 61.3 Å². The highest BCUT2D eigenvalue weighted by Crippen LogP contribution is 2.46.